The van der Waals surface area contributed by atoms with Gasteiger partial charge < -0.3 is 10.6 Å². The van der Waals surface area contributed by atoms with Gasteiger partial charge in [-0.15, -0.1) is 0 Å². The molecule has 1 aromatic carbocycles. The normalized spacial score (nSPS) is 16.0. The number of nitrogens with one attached hydrogen (secondary N) is 2. The summed E-state index contributed by atoms with van der Waals surface area (Å²) < 4.78 is 0. The van der Waals surface area contributed by atoms with Crippen LogP contribution in [0.3, 0.4) is 0 Å². The summed E-state index contributed by atoms with van der Waals surface area (Å²) in [5, 5.41) is 6.52. The average Bonchev–Trinajstić information content (AvgIpc) is 3.27. The number of hydrogen-bond acceptors (Lipinski definition) is 2. The van der Waals surface area contributed by atoms with Gasteiger partial charge in [0, 0.05) is 18.5 Å². The molecule has 1 aliphatic rings. The lowest BCUT2D eigenvalue weighted by atomic mass is 9.99. The minimum absolute atomic E-state index is 0.202. The molecule has 0 bridgehead atoms. The number of rotatable bonds is 8. The Balaban J connectivity index is 1.66. The third-order valence-electron chi connectivity index (χ3n) is 4.08. The van der Waals surface area contributed by atoms with Gasteiger partial charge in [0.1, 0.15) is 0 Å². The second-order valence-electron chi connectivity index (χ2n) is 6.44. The highest BCUT2D eigenvalue weighted by atomic mass is 16.1. The molecule has 0 saturated heterocycles. The first-order valence-corrected chi connectivity index (χ1v) is 8.19. The SMILES string of the molecule is CC(C)c1ccc(C(C)NCCCC(=O)NC2CC2)cc1. The molecule has 0 aromatic heterocycles. The van der Waals surface area contributed by atoms with Gasteiger partial charge in [-0.1, -0.05) is 38.1 Å². The quantitative estimate of drug-likeness (QED) is 0.719. The molecule has 1 amide bonds. The van der Waals surface area contributed by atoms with E-state index in [1.165, 1.54) is 11.1 Å². The van der Waals surface area contributed by atoms with E-state index in [2.05, 4.69) is 55.7 Å². The molecule has 1 saturated carbocycles. The van der Waals surface area contributed by atoms with E-state index < -0.39 is 0 Å². The Kier molecular flexibility index (Phi) is 5.80. The number of benzene rings is 1. The molecular formula is C18H28N2O. The van der Waals surface area contributed by atoms with Gasteiger partial charge in [-0.2, -0.15) is 0 Å². The van der Waals surface area contributed by atoms with Gasteiger partial charge in [0.15, 0.2) is 0 Å². The number of carbonyl (C=O) groups excluding carboxylic acids is 1. The van der Waals surface area contributed by atoms with Crippen LogP contribution < -0.4 is 10.6 Å². The van der Waals surface area contributed by atoms with Crippen LogP contribution in [0, 0.1) is 0 Å². The second-order valence-corrected chi connectivity index (χ2v) is 6.44. The molecule has 1 aliphatic carbocycles. The van der Waals surface area contributed by atoms with E-state index in [1.54, 1.807) is 0 Å². The summed E-state index contributed by atoms with van der Waals surface area (Å²) in [5.74, 6) is 0.778. The van der Waals surface area contributed by atoms with Gasteiger partial charge in [-0.25, -0.2) is 0 Å². The van der Waals surface area contributed by atoms with E-state index in [-0.39, 0.29) is 5.91 Å². The van der Waals surface area contributed by atoms with Crippen molar-refractivity contribution in [2.45, 2.75) is 64.5 Å². The first kappa shape index (κ1) is 16.0. The monoisotopic (exact) mass is 288 g/mol. The molecule has 21 heavy (non-hydrogen) atoms. The van der Waals surface area contributed by atoms with Crippen molar-refractivity contribution in [2.75, 3.05) is 6.54 Å². The van der Waals surface area contributed by atoms with Crippen LogP contribution in [-0.2, 0) is 4.79 Å². The van der Waals surface area contributed by atoms with E-state index in [4.69, 9.17) is 0 Å². The van der Waals surface area contributed by atoms with Gasteiger partial charge >= 0.3 is 0 Å². The van der Waals surface area contributed by atoms with Crippen LogP contribution in [0.25, 0.3) is 0 Å². The van der Waals surface area contributed by atoms with Crippen molar-refractivity contribution in [3.63, 3.8) is 0 Å². The van der Waals surface area contributed by atoms with Gasteiger partial charge in [0.05, 0.1) is 0 Å². The number of amides is 1. The summed E-state index contributed by atoms with van der Waals surface area (Å²) >= 11 is 0. The maximum Gasteiger partial charge on any atom is 0.220 e. The summed E-state index contributed by atoms with van der Waals surface area (Å²) in [6.07, 6.45) is 3.84. The molecule has 3 nitrogen and oxygen atoms in total. The minimum atomic E-state index is 0.202. The molecule has 1 atom stereocenters. The third-order valence-corrected chi connectivity index (χ3v) is 4.08. The van der Waals surface area contributed by atoms with Gasteiger partial charge in [-0.3, -0.25) is 4.79 Å². The highest BCUT2D eigenvalue weighted by Crippen LogP contribution is 2.19. The van der Waals surface area contributed by atoms with Gasteiger partial charge in [0.25, 0.3) is 0 Å². The van der Waals surface area contributed by atoms with Crippen LogP contribution in [0.2, 0.25) is 0 Å². The van der Waals surface area contributed by atoms with Gasteiger partial charge in [0.2, 0.25) is 5.91 Å². The standard InChI is InChI=1S/C18H28N2O/c1-13(2)15-6-8-16(9-7-15)14(3)19-12-4-5-18(21)20-17-10-11-17/h6-9,13-14,17,19H,4-5,10-12H2,1-3H3,(H,20,21). The molecule has 0 spiro atoms. The summed E-state index contributed by atoms with van der Waals surface area (Å²) in [5.41, 5.74) is 2.68. The Bertz CT molecular complexity index is 449. The molecule has 2 N–H and O–H groups in total. The lowest BCUT2D eigenvalue weighted by Gasteiger charge is -2.15. The van der Waals surface area contributed by atoms with Crippen LogP contribution in [-0.4, -0.2) is 18.5 Å². The fourth-order valence-electron chi connectivity index (χ4n) is 2.38. The Labute approximate surface area is 128 Å². The van der Waals surface area contributed by atoms with Crippen molar-refractivity contribution in [3.05, 3.63) is 35.4 Å². The summed E-state index contributed by atoms with van der Waals surface area (Å²) in [4.78, 5) is 11.6. The maximum atomic E-state index is 11.6. The van der Waals surface area contributed by atoms with E-state index in [0.29, 0.717) is 24.4 Å². The molecular weight excluding hydrogens is 260 g/mol. The summed E-state index contributed by atoms with van der Waals surface area (Å²) in [7, 11) is 0. The van der Waals surface area contributed by atoms with E-state index in [1.807, 2.05) is 0 Å². The largest absolute Gasteiger partial charge is 0.353 e. The van der Waals surface area contributed by atoms with Gasteiger partial charge in [-0.05, 0) is 49.8 Å². The summed E-state index contributed by atoms with van der Waals surface area (Å²) in [6.45, 7) is 7.48. The van der Waals surface area contributed by atoms with Crippen LogP contribution in [0.4, 0.5) is 0 Å². The van der Waals surface area contributed by atoms with E-state index in [0.717, 1.165) is 25.8 Å². The predicted octanol–water partition coefficient (Wildman–Crippen LogP) is 3.52. The van der Waals surface area contributed by atoms with Crippen LogP contribution in [0.15, 0.2) is 24.3 Å². The van der Waals surface area contributed by atoms with Crippen LogP contribution in [0.1, 0.15) is 69.5 Å². The fraction of sp³-hybridized carbons (Fsp3) is 0.611. The first-order valence-electron chi connectivity index (χ1n) is 8.19. The minimum Gasteiger partial charge on any atom is -0.353 e. The molecule has 1 fully saturated rings. The highest BCUT2D eigenvalue weighted by molar-refractivity contribution is 5.76. The fourth-order valence-corrected chi connectivity index (χ4v) is 2.38. The molecule has 1 unspecified atom stereocenters. The smallest absolute Gasteiger partial charge is 0.220 e. The van der Waals surface area contributed by atoms with Crippen molar-refractivity contribution in [1.82, 2.24) is 10.6 Å². The topological polar surface area (TPSA) is 41.1 Å². The molecule has 1 aromatic rings. The molecule has 116 valence electrons. The predicted molar refractivity (Wildman–Crippen MR) is 87.3 cm³/mol. The lowest BCUT2D eigenvalue weighted by Crippen LogP contribution is -2.27. The Morgan fingerprint density at radius 2 is 1.76 bits per heavy atom. The van der Waals surface area contributed by atoms with Crippen molar-refractivity contribution in [2.24, 2.45) is 0 Å². The van der Waals surface area contributed by atoms with Crippen molar-refractivity contribution < 1.29 is 4.79 Å². The average molecular weight is 288 g/mol. The second kappa shape index (κ2) is 7.60. The zero-order valence-electron chi connectivity index (χ0n) is 13.5. The molecule has 2 rings (SSSR count). The van der Waals surface area contributed by atoms with E-state index in [9.17, 15) is 4.79 Å². The molecule has 0 heterocycles. The molecule has 0 radical (unpaired) electrons. The van der Waals surface area contributed by atoms with Crippen molar-refractivity contribution >= 4 is 5.91 Å². The Morgan fingerprint density at radius 1 is 1.14 bits per heavy atom. The first-order chi connectivity index (χ1) is 10.1. The van der Waals surface area contributed by atoms with Crippen molar-refractivity contribution in [1.29, 1.82) is 0 Å². The van der Waals surface area contributed by atoms with E-state index >= 15 is 0 Å². The summed E-state index contributed by atoms with van der Waals surface area (Å²) in [6, 6.07) is 9.63. The number of hydrogen-bond donors (Lipinski definition) is 2. The molecule has 3 heteroatoms. The zero-order chi connectivity index (χ0) is 15.2. The Hall–Kier alpha value is -1.35. The maximum absolute atomic E-state index is 11.6. The highest BCUT2D eigenvalue weighted by Gasteiger charge is 2.22. The third kappa shape index (κ3) is 5.50. The van der Waals surface area contributed by atoms with Crippen LogP contribution in [0.5, 0.6) is 0 Å². The zero-order valence-corrected chi connectivity index (χ0v) is 13.5. The number of carbonyl (C=O) groups is 1. The Morgan fingerprint density at radius 3 is 2.33 bits per heavy atom. The molecule has 0 aliphatic heterocycles. The van der Waals surface area contributed by atoms with Crippen LogP contribution >= 0.6 is 0 Å². The van der Waals surface area contributed by atoms with Crippen molar-refractivity contribution in [3.8, 4) is 0 Å². The lowest BCUT2D eigenvalue weighted by molar-refractivity contribution is -0.121.